The molecule has 0 unspecified atom stereocenters. The molecule has 1 N–H and O–H groups in total. The number of carbonyl (C=O) groups is 1. The van der Waals surface area contributed by atoms with E-state index in [2.05, 4.69) is 15.3 Å². The Morgan fingerprint density at radius 2 is 2.12 bits per heavy atom. The first-order valence-corrected chi connectivity index (χ1v) is 9.97. The van der Waals surface area contributed by atoms with Gasteiger partial charge < -0.3 is 5.32 Å². The fourth-order valence-corrected chi connectivity index (χ4v) is 4.97. The van der Waals surface area contributed by atoms with E-state index in [1.165, 1.54) is 11.3 Å². The van der Waals surface area contributed by atoms with Crippen LogP contribution in [0, 0.1) is 0 Å². The number of benzene rings is 1. The van der Waals surface area contributed by atoms with Crippen LogP contribution < -0.4 is 5.32 Å². The second kappa shape index (κ2) is 6.60. The number of rotatable bonds is 4. The molecule has 4 nitrogen and oxygen atoms in total. The van der Waals surface area contributed by atoms with Crippen LogP contribution in [0.5, 0.6) is 0 Å². The lowest BCUT2D eigenvalue weighted by molar-refractivity contribution is -0.115. The summed E-state index contributed by atoms with van der Waals surface area (Å²) in [6, 6.07) is 9.50. The summed E-state index contributed by atoms with van der Waals surface area (Å²) in [4.78, 5) is 22.3. The van der Waals surface area contributed by atoms with E-state index < -0.39 is 0 Å². The molecule has 8 heteroatoms. The summed E-state index contributed by atoms with van der Waals surface area (Å²) in [5.41, 5.74) is 1.60. The molecule has 3 heterocycles. The van der Waals surface area contributed by atoms with Gasteiger partial charge in [-0.15, -0.1) is 22.7 Å². The van der Waals surface area contributed by atoms with Gasteiger partial charge in [0.25, 0.3) is 0 Å². The third kappa shape index (κ3) is 3.34. The van der Waals surface area contributed by atoms with Crippen molar-refractivity contribution in [1.82, 2.24) is 9.97 Å². The van der Waals surface area contributed by atoms with Gasteiger partial charge in [0.2, 0.25) is 5.91 Å². The van der Waals surface area contributed by atoms with E-state index in [9.17, 15) is 4.79 Å². The van der Waals surface area contributed by atoms with E-state index in [0.717, 1.165) is 25.8 Å². The zero-order valence-electron chi connectivity index (χ0n) is 12.2. The third-order valence-corrected chi connectivity index (χ3v) is 6.32. The quantitative estimate of drug-likeness (QED) is 0.512. The van der Waals surface area contributed by atoms with Crippen molar-refractivity contribution in [2.45, 2.75) is 6.42 Å². The van der Waals surface area contributed by atoms with Gasteiger partial charge >= 0.3 is 0 Å². The molecule has 0 spiro atoms. The van der Waals surface area contributed by atoms with Crippen LogP contribution in [0.15, 0.2) is 41.1 Å². The van der Waals surface area contributed by atoms with Crippen LogP contribution in [-0.2, 0) is 11.2 Å². The lowest BCUT2D eigenvalue weighted by Crippen LogP contribution is -2.14. The Morgan fingerprint density at radius 1 is 1.21 bits per heavy atom. The van der Waals surface area contributed by atoms with E-state index in [1.807, 2.05) is 35.0 Å². The van der Waals surface area contributed by atoms with Crippen LogP contribution in [-0.4, -0.2) is 15.9 Å². The predicted octanol–water partition coefficient (Wildman–Crippen LogP) is 5.32. The Hall–Kier alpha value is -1.80. The number of thiazole rings is 2. The molecule has 0 aliphatic carbocycles. The fourth-order valence-electron chi connectivity index (χ4n) is 2.18. The van der Waals surface area contributed by atoms with E-state index in [4.69, 9.17) is 11.6 Å². The van der Waals surface area contributed by atoms with E-state index in [-0.39, 0.29) is 12.3 Å². The van der Waals surface area contributed by atoms with Crippen molar-refractivity contribution in [2.75, 3.05) is 5.32 Å². The van der Waals surface area contributed by atoms with Crippen molar-refractivity contribution in [2.24, 2.45) is 0 Å². The maximum atomic E-state index is 12.2. The maximum Gasteiger partial charge on any atom is 0.232 e. The fraction of sp³-hybridized carbons (Fsp3) is 0.0625. The Kier molecular flexibility index (Phi) is 4.32. The van der Waals surface area contributed by atoms with Gasteiger partial charge in [0, 0.05) is 10.4 Å². The van der Waals surface area contributed by atoms with Gasteiger partial charge in [0.15, 0.2) is 5.13 Å². The zero-order valence-corrected chi connectivity index (χ0v) is 15.4. The monoisotopic (exact) mass is 391 g/mol. The minimum atomic E-state index is -0.122. The summed E-state index contributed by atoms with van der Waals surface area (Å²) < 4.78 is 0.950. The van der Waals surface area contributed by atoms with Crippen molar-refractivity contribution in [3.8, 4) is 9.88 Å². The first kappa shape index (κ1) is 15.7. The van der Waals surface area contributed by atoms with Crippen molar-refractivity contribution >= 4 is 66.9 Å². The Balaban J connectivity index is 1.46. The zero-order chi connectivity index (χ0) is 16.5. The number of carbonyl (C=O) groups excluding carboxylic acids is 1. The Morgan fingerprint density at radius 3 is 2.96 bits per heavy atom. The molecule has 0 aliphatic rings. The third-order valence-electron chi connectivity index (χ3n) is 3.22. The van der Waals surface area contributed by atoms with Crippen LogP contribution in [0.1, 0.15) is 5.69 Å². The molecule has 0 radical (unpaired) electrons. The van der Waals surface area contributed by atoms with Crippen LogP contribution >= 0.6 is 45.6 Å². The predicted molar refractivity (Wildman–Crippen MR) is 102 cm³/mol. The van der Waals surface area contributed by atoms with Crippen LogP contribution in [0.2, 0.25) is 5.02 Å². The van der Waals surface area contributed by atoms with Gasteiger partial charge in [-0.25, -0.2) is 9.97 Å². The molecule has 0 bridgehead atoms. The highest BCUT2D eigenvalue weighted by molar-refractivity contribution is 7.22. The number of thiophene rings is 1. The highest BCUT2D eigenvalue weighted by atomic mass is 35.5. The molecule has 0 saturated heterocycles. The lowest BCUT2D eigenvalue weighted by atomic mass is 10.3. The maximum absolute atomic E-state index is 12.2. The highest BCUT2D eigenvalue weighted by Gasteiger charge is 2.12. The van der Waals surface area contributed by atoms with Gasteiger partial charge in [0.05, 0.1) is 27.2 Å². The van der Waals surface area contributed by atoms with Crippen molar-refractivity contribution in [1.29, 1.82) is 0 Å². The minimum Gasteiger partial charge on any atom is -0.302 e. The molecular weight excluding hydrogens is 382 g/mol. The van der Waals surface area contributed by atoms with Gasteiger partial charge in [-0.05, 0) is 29.6 Å². The first-order valence-electron chi connectivity index (χ1n) is 7.01. The molecular formula is C16H10ClN3OS3. The SMILES string of the molecule is O=C(Cc1csc(-c2cccs2)n1)Nc1nc2ccc(Cl)cc2s1. The summed E-state index contributed by atoms with van der Waals surface area (Å²) >= 11 is 10.6. The molecule has 0 atom stereocenters. The second-order valence-corrected chi connectivity index (χ2v) is 8.25. The molecule has 1 amide bonds. The van der Waals surface area contributed by atoms with Crippen LogP contribution in [0.3, 0.4) is 0 Å². The topological polar surface area (TPSA) is 54.9 Å². The summed E-state index contributed by atoms with van der Waals surface area (Å²) in [7, 11) is 0. The highest BCUT2D eigenvalue weighted by Crippen LogP contribution is 2.29. The van der Waals surface area contributed by atoms with Crippen LogP contribution in [0.4, 0.5) is 5.13 Å². The molecule has 24 heavy (non-hydrogen) atoms. The number of halogens is 1. The summed E-state index contributed by atoms with van der Waals surface area (Å²) in [5, 5.41) is 8.96. The first-order chi connectivity index (χ1) is 11.7. The largest absolute Gasteiger partial charge is 0.302 e. The standard InChI is InChI=1S/C16H10ClN3OS3/c17-9-3-4-11-13(6-9)24-16(19-11)20-14(21)7-10-8-23-15(18-10)12-2-1-5-22-12/h1-6,8H,7H2,(H,19,20,21). The molecule has 120 valence electrons. The molecule has 0 fully saturated rings. The number of nitrogens with zero attached hydrogens (tertiary/aromatic N) is 2. The van der Waals surface area contributed by atoms with Gasteiger partial charge in [-0.1, -0.05) is 29.0 Å². The normalized spacial score (nSPS) is 11.0. The van der Waals surface area contributed by atoms with Crippen LogP contribution in [0.25, 0.3) is 20.1 Å². The Labute approximate surface area is 154 Å². The molecule has 3 aromatic heterocycles. The average Bonchev–Trinajstić information content (AvgIpc) is 3.25. The number of nitrogens with one attached hydrogen (secondary N) is 1. The number of aromatic nitrogens is 2. The number of fused-ring (bicyclic) bond motifs is 1. The van der Waals surface area contributed by atoms with E-state index >= 15 is 0 Å². The summed E-state index contributed by atoms with van der Waals surface area (Å²) in [6.45, 7) is 0. The summed E-state index contributed by atoms with van der Waals surface area (Å²) in [5.74, 6) is -0.122. The van der Waals surface area contributed by atoms with Crippen molar-refractivity contribution in [3.05, 3.63) is 51.8 Å². The van der Waals surface area contributed by atoms with Crippen molar-refractivity contribution in [3.63, 3.8) is 0 Å². The molecule has 0 saturated carbocycles. The van der Waals surface area contributed by atoms with E-state index in [0.29, 0.717) is 10.2 Å². The van der Waals surface area contributed by atoms with Gasteiger partial charge in [0.1, 0.15) is 5.01 Å². The lowest BCUT2D eigenvalue weighted by Gasteiger charge is -1.98. The Bertz CT molecular complexity index is 1010. The van der Waals surface area contributed by atoms with Gasteiger partial charge in [-0.2, -0.15) is 0 Å². The smallest absolute Gasteiger partial charge is 0.232 e. The second-order valence-electron chi connectivity index (χ2n) is 4.98. The number of anilines is 1. The van der Waals surface area contributed by atoms with Gasteiger partial charge in [-0.3, -0.25) is 4.79 Å². The van der Waals surface area contributed by atoms with E-state index in [1.54, 1.807) is 28.7 Å². The molecule has 1 aromatic carbocycles. The average molecular weight is 392 g/mol. The van der Waals surface area contributed by atoms with Crippen molar-refractivity contribution < 1.29 is 4.79 Å². The number of amides is 1. The molecule has 4 rings (SSSR count). The molecule has 0 aliphatic heterocycles. The molecule has 4 aromatic rings. The summed E-state index contributed by atoms with van der Waals surface area (Å²) in [6.07, 6.45) is 0.235. The number of hydrogen-bond acceptors (Lipinski definition) is 6. The number of hydrogen-bond donors (Lipinski definition) is 1. The minimum absolute atomic E-state index is 0.122.